The molecule has 0 aromatic rings. The fourth-order valence-electron chi connectivity index (χ4n) is 5.02. The second-order valence-corrected chi connectivity index (χ2v) is 15.0. The summed E-state index contributed by atoms with van der Waals surface area (Å²) in [6.45, 7) is 19.4. The first-order chi connectivity index (χ1) is 18.4. The quantitative estimate of drug-likeness (QED) is 0.151. The molecule has 2 heterocycles. The first-order valence-electron chi connectivity index (χ1n) is 14.8. The highest BCUT2D eigenvalue weighted by Crippen LogP contribution is 2.51. The zero-order chi connectivity index (χ0) is 29.0. The van der Waals surface area contributed by atoms with Crippen molar-refractivity contribution in [3.8, 4) is 0 Å². The minimum absolute atomic E-state index is 0.0967. The maximum atomic E-state index is 14.0. The molecule has 39 heavy (non-hydrogen) atoms. The van der Waals surface area contributed by atoms with Crippen LogP contribution in [0.3, 0.4) is 0 Å². The maximum absolute atomic E-state index is 14.0. The molecule has 2 rings (SSSR count). The molecular weight excluding hydrogens is 506 g/mol. The van der Waals surface area contributed by atoms with Gasteiger partial charge in [-0.3, -0.25) is 14.4 Å². The SMILES string of the molecule is [B]C1CN(C(C)C)CC(COCP(=O)(N(C)C)N2CCN(C/C=C(\C)CC/C=C(\C)CCC=C(C)C)CC2)O1. The van der Waals surface area contributed by atoms with Gasteiger partial charge in [0.05, 0.1) is 12.7 Å². The van der Waals surface area contributed by atoms with Crippen molar-refractivity contribution in [3.63, 3.8) is 0 Å². The highest BCUT2D eigenvalue weighted by molar-refractivity contribution is 7.58. The Labute approximate surface area is 241 Å². The number of nitrogens with zero attached hydrogens (tertiary/aromatic N) is 4. The Morgan fingerprint density at radius 2 is 1.62 bits per heavy atom. The third-order valence-corrected chi connectivity index (χ3v) is 10.8. The van der Waals surface area contributed by atoms with E-state index in [1.54, 1.807) is 0 Å². The summed E-state index contributed by atoms with van der Waals surface area (Å²) in [5, 5.41) is 0. The summed E-state index contributed by atoms with van der Waals surface area (Å²) in [5.74, 6) is 0. The van der Waals surface area contributed by atoms with Crippen LogP contribution in [0, 0.1) is 0 Å². The minimum Gasteiger partial charge on any atom is -0.380 e. The summed E-state index contributed by atoms with van der Waals surface area (Å²) >= 11 is 0. The molecule has 3 unspecified atom stereocenters. The zero-order valence-corrected chi connectivity index (χ0v) is 27.1. The van der Waals surface area contributed by atoms with E-state index in [1.807, 2.05) is 18.8 Å². The molecule has 9 heteroatoms. The summed E-state index contributed by atoms with van der Waals surface area (Å²) in [7, 11) is 7.09. The number of morpholine rings is 1. The van der Waals surface area contributed by atoms with E-state index in [4.69, 9.17) is 17.3 Å². The average molecular weight is 563 g/mol. The van der Waals surface area contributed by atoms with Crippen molar-refractivity contribution in [2.75, 3.05) is 72.9 Å². The molecule has 2 aliphatic heterocycles. The smallest absolute Gasteiger partial charge is 0.241 e. The minimum atomic E-state index is -2.79. The number of hydrogen-bond donors (Lipinski definition) is 0. The van der Waals surface area contributed by atoms with Crippen LogP contribution in [0.4, 0.5) is 0 Å². The Morgan fingerprint density at radius 3 is 2.21 bits per heavy atom. The van der Waals surface area contributed by atoms with E-state index < -0.39 is 7.44 Å². The summed E-state index contributed by atoms with van der Waals surface area (Å²) in [6, 6.07) is 0.105. The Kier molecular flexibility index (Phi) is 15.3. The Hall–Kier alpha value is -0.725. The van der Waals surface area contributed by atoms with Gasteiger partial charge >= 0.3 is 0 Å². The van der Waals surface area contributed by atoms with Crippen LogP contribution in [0.25, 0.3) is 0 Å². The van der Waals surface area contributed by atoms with Gasteiger partial charge in [-0.25, -0.2) is 9.34 Å². The van der Waals surface area contributed by atoms with Crippen LogP contribution >= 0.6 is 7.44 Å². The van der Waals surface area contributed by atoms with Crippen molar-refractivity contribution in [1.29, 1.82) is 0 Å². The van der Waals surface area contributed by atoms with Crippen LogP contribution in [-0.2, 0) is 14.0 Å². The van der Waals surface area contributed by atoms with Crippen LogP contribution in [-0.4, -0.2) is 118 Å². The number of piperazine rings is 1. The van der Waals surface area contributed by atoms with Crippen LogP contribution in [0.5, 0.6) is 0 Å². The van der Waals surface area contributed by atoms with Crippen LogP contribution in [0.2, 0.25) is 0 Å². The van der Waals surface area contributed by atoms with Gasteiger partial charge < -0.3 is 9.47 Å². The standard InChI is InChI=1S/C30H56BN4O3P/c1-25(2)11-9-12-27(5)13-10-14-28(6)15-16-33-17-19-35(20-18-33)39(36,32(7)8)24-37-23-29-21-34(26(3)4)22-30(31)38-29/h11,13,15,26,29-30H,9-10,12,14,16-24H2,1-8H3/b27-13+,28-15+. The first-order valence-corrected chi connectivity index (χ1v) is 16.6. The number of allylic oxidation sites excluding steroid dienone is 5. The van der Waals surface area contributed by atoms with Gasteiger partial charge in [-0.05, 0) is 81.3 Å². The van der Waals surface area contributed by atoms with Gasteiger partial charge in [0.1, 0.15) is 14.2 Å². The Balaban J connectivity index is 1.76. The molecule has 3 atom stereocenters. The summed E-state index contributed by atoms with van der Waals surface area (Å²) < 4.78 is 29.9. The second kappa shape index (κ2) is 17.3. The first kappa shape index (κ1) is 34.5. The van der Waals surface area contributed by atoms with Gasteiger partial charge in [0, 0.05) is 57.9 Å². The fourth-order valence-corrected chi connectivity index (χ4v) is 7.07. The lowest BCUT2D eigenvalue weighted by Gasteiger charge is -2.42. The van der Waals surface area contributed by atoms with E-state index in [1.165, 1.54) is 16.7 Å². The predicted molar refractivity (Wildman–Crippen MR) is 167 cm³/mol. The lowest BCUT2D eigenvalue weighted by Crippen LogP contribution is -2.52. The summed E-state index contributed by atoms with van der Waals surface area (Å²) in [6.07, 6.45) is 11.7. The molecule has 2 saturated heterocycles. The lowest BCUT2D eigenvalue weighted by molar-refractivity contribution is -0.0878. The van der Waals surface area contributed by atoms with Crippen molar-refractivity contribution in [2.24, 2.45) is 0 Å². The maximum Gasteiger partial charge on any atom is 0.241 e. The molecule has 0 N–H and O–H groups in total. The molecule has 2 aliphatic rings. The van der Waals surface area contributed by atoms with Crippen LogP contribution < -0.4 is 0 Å². The molecule has 0 aromatic heterocycles. The highest BCUT2D eigenvalue weighted by Gasteiger charge is 2.36. The topological polar surface area (TPSA) is 48.5 Å². The van der Waals surface area contributed by atoms with Crippen molar-refractivity contribution in [1.82, 2.24) is 19.1 Å². The van der Waals surface area contributed by atoms with Gasteiger partial charge in [0.15, 0.2) is 0 Å². The molecule has 0 spiro atoms. The number of rotatable bonds is 15. The highest BCUT2D eigenvalue weighted by atomic mass is 31.2. The van der Waals surface area contributed by atoms with Gasteiger partial charge in [0.25, 0.3) is 0 Å². The molecule has 2 radical (unpaired) electrons. The fraction of sp³-hybridized carbons (Fsp3) is 0.800. The molecule has 0 amide bonds. The molecule has 0 saturated carbocycles. The molecule has 0 bridgehead atoms. The lowest BCUT2D eigenvalue weighted by atomic mass is 9.96. The average Bonchev–Trinajstić information content (AvgIpc) is 2.87. The van der Waals surface area contributed by atoms with Crippen LogP contribution in [0.1, 0.15) is 67.2 Å². The third kappa shape index (κ3) is 12.4. The molecular formula is C30H56BN4O3P. The van der Waals surface area contributed by atoms with E-state index in [0.29, 0.717) is 12.6 Å². The van der Waals surface area contributed by atoms with Crippen molar-refractivity contribution in [3.05, 3.63) is 34.9 Å². The summed E-state index contributed by atoms with van der Waals surface area (Å²) in [4.78, 5) is 4.77. The van der Waals surface area contributed by atoms with Crippen molar-refractivity contribution in [2.45, 2.75) is 85.4 Å². The molecule has 2 fully saturated rings. The predicted octanol–water partition coefficient (Wildman–Crippen LogP) is 5.36. The van der Waals surface area contributed by atoms with Gasteiger partial charge in [-0.15, -0.1) is 0 Å². The van der Waals surface area contributed by atoms with E-state index >= 15 is 0 Å². The number of ether oxygens (including phenoxy) is 2. The summed E-state index contributed by atoms with van der Waals surface area (Å²) in [5.41, 5.74) is 4.32. The molecule has 0 aromatic carbocycles. The van der Waals surface area contributed by atoms with E-state index in [2.05, 4.69) is 74.2 Å². The monoisotopic (exact) mass is 562 g/mol. The normalized spacial score (nSPS) is 24.4. The Morgan fingerprint density at radius 1 is 1.00 bits per heavy atom. The zero-order valence-electron chi connectivity index (χ0n) is 26.2. The second-order valence-electron chi connectivity index (χ2n) is 12.1. The van der Waals surface area contributed by atoms with E-state index in [9.17, 15) is 4.57 Å². The van der Waals surface area contributed by atoms with E-state index in [-0.39, 0.29) is 18.5 Å². The molecule has 7 nitrogen and oxygen atoms in total. The van der Waals surface area contributed by atoms with Crippen molar-refractivity contribution >= 4 is 15.3 Å². The van der Waals surface area contributed by atoms with Crippen molar-refractivity contribution < 1.29 is 14.0 Å². The third-order valence-electron chi connectivity index (χ3n) is 7.75. The van der Waals surface area contributed by atoms with Gasteiger partial charge in [-0.1, -0.05) is 34.9 Å². The van der Waals surface area contributed by atoms with Gasteiger partial charge in [0.2, 0.25) is 7.44 Å². The number of hydrogen-bond acceptors (Lipinski definition) is 5. The van der Waals surface area contributed by atoms with E-state index in [0.717, 1.165) is 71.5 Å². The molecule has 222 valence electrons. The largest absolute Gasteiger partial charge is 0.380 e. The molecule has 0 aliphatic carbocycles. The Bertz CT molecular complexity index is 864. The van der Waals surface area contributed by atoms with Crippen LogP contribution in [0.15, 0.2) is 34.9 Å². The van der Waals surface area contributed by atoms with Gasteiger partial charge in [-0.2, -0.15) is 0 Å².